The van der Waals surface area contributed by atoms with Crippen LogP contribution >= 0.6 is 23.4 Å². The molecule has 1 aromatic carbocycles. The van der Waals surface area contributed by atoms with Crippen molar-refractivity contribution in [2.75, 3.05) is 11.6 Å². The van der Waals surface area contributed by atoms with Gasteiger partial charge in [0.25, 0.3) is 5.91 Å². The Morgan fingerprint density at radius 3 is 2.92 bits per heavy atom. The number of hydrogen-bond acceptors (Lipinski definition) is 3. The molecule has 130 valence electrons. The summed E-state index contributed by atoms with van der Waals surface area (Å²) in [7, 11) is 0. The Kier molecular flexibility index (Phi) is 6.69. The zero-order valence-corrected chi connectivity index (χ0v) is 15.2. The molecule has 1 saturated heterocycles. The SMILES string of the molecule is CC/C=C(/C)C(=O)N1CSCC1C(=O)NCc1ccc(F)c(Cl)c1. The third kappa shape index (κ3) is 4.51. The number of benzene rings is 1. The summed E-state index contributed by atoms with van der Waals surface area (Å²) in [5, 5.41) is 2.82. The van der Waals surface area contributed by atoms with Gasteiger partial charge in [-0.15, -0.1) is 11.8 Å². The molecule has 1 atom stereocenters. The second-order valence-corrected chi connectivity index (χ2v) is 6.96. The van der Waals surface area contributed by atoms with Crippen LogP contribution in [0.1, 0.15) is 25.8 Å². The fourth-order valence-corrected chi connectivity index (χ4v) is 3.79. The molecule has 2 rings (SSSR count). The molecule has 1 aliphatic rings. The topological polar surface area (TPSA) is 49.4 Å². The van der Waals surface area contributed by atoms with Crippen molar-refractivity contribution in [3.05, 3.63) is 46.3 Å². The van der Waals surface area contributed by atoms with Gasteiger partial charge in [-0.25, -0.2) is 4.39 Å². The van der Waals surface area contributed by atoms with Crippen LogP contribution in [-0.4, -0.2) is 34.4 Å². The quantitative estimate of drug-likeness (QED) is 0.808. The maximum atomic E-state index is 13.2. The Labute approximate surface area is 150 Å². The van der Waals surface area contributed by atoms with Crippen molar-refractivity contribution in [3.8, 4) is 0 Å². The first-order valence-corrected chi connectivity index (χ1v) is 9.24. The molecule has 1 fully saturated rings. The van der Waals surface area contributed by atoms with Crippen LogP contribution in [-0.2, 0) is 16.1 Å². The Hall–Kier alpha value is -1.53. The predicted molar refractivity (Wildman–Crippen MR) is 95.3 cm³/mol. The van der Waals surface area contributed by atoms with Crippen LogP contribution in [0.2, 0.25) is 5.02 Å². The number of allylic oxidation sites excluding steroid dienone is 1. The monoisotopic (exact) mass is 370 g/mol. The highest BCUT2D eigenvalue weighted by molar-refractivity contribution is 7.99. The first-order valence-electron chi connectivity index (χ1n) is 7.71. The number of carbonyl (C=O) groups is 2. The third-order valence-corrected chi connectivity index (χ3v) is 5.05. The lowest BCUT2D eigenvalue weighted by atomic mass is 10.1. The first-order chi connectivity index (χ1) is 11.4. The number of thioether (sulfide) groups is 1. The molecule has 0 saturated carbocycles. The van der Waals surface area contributed by atoms with E-state index in [9.17, 15) is 14.0 Å². The van der Waals surface area contributed by atoms with Crippen LogP contribution in [0, 0.1) is 5.82 Å². The van der Waals surface area contributed by atoms with Crippen molar-refractivity contribution in [3.63, 3.8) is 0 Å². The van der Waals surface area contributed by atoms with E-state index in [1.807, 2.05) is 13.0 Å². The molecule has 0 radical (unpaired) electrons. The average molecular weight is 371 g/mol. The van der Waals surface area contributed by atoms with Gasteiger partial charge in [-0.05, 0) is 31.0 Å². The lowest BCUT2D eigenvalue weighted by molar-refractivity contribution is -0.135. The Bertz CT molecular complexity index is 666. The van der Waals surface area contributed by atoms with Gasteiger partial charge in [0.2, 0.25) is 5.91 Å². The van der Waals surface area contributed by atoms with Crippen molar-refractivity contribution >= 4 is 35.2 Å². The lowest BCUT2D eigenvalue weighted by Crippen LogP contribution is -2.47. The molecule has 4 nitrogen and oxygen atoms in total. The highest BCUT2D eigenvalue weighted by Gasteiger charge is 2.34. The van der Waals surface area contributed by atoms with E-state index in [0.717, 1.165) is 6.42 Å². The van der Waals surface area contributed by atoms with Crippen molar-refractivity contribution < 1.29 is 14.0 Å². The van der Waals surface area contributed by atoms with Crippen molar-refractivity contribution in [2.45, 2.75) is 32.9 Å². The second kappa shape index (κ2) is 8.53. The van der Waals surface area contributed by atoms with E-state index < -0.39 is 11.9 Å². The van der Waals surface area contributed by atoms with E-state index in [4.69, 9.17) is 11.6 Å². The summed E-state index contributed by atoms with van der Waals surface area (Å²) in [6.45, 7) is 3.98. The number of amides is 2. The van der Waals surface area contributed by atoms with Gasteiger partial charge in [-0.3, -0.25) is 9.59 Å². The minimum atomic E-state index is -0.492. The van der Waals surface area contributed by atoms with Crippen LogP contribution in [0.25, 0.3) is 0 Å². The molecule has 0 bridgehead atoms. The molecule has 1 unspecified atom stereocenters. The minimum absolute atomic E-state index is 0.0234. The fourth-order valence-electron chi connectivity index (χ4n) is 2.44. The van der Waals surface area contributed by atoms with Gasteiger partial charge in [-0.2, -0.15) is 0 Å². The van der Waals surface area contributed by atoms with Gasteiger partial charge in [-0.1, -0.05) is 30.7 Å². The van der Waals surface area contributed by atoms with E-state index in [2.05, 4.69) is 5.32 Å². The second-order valence-electron chi connectivity index (χ2n) is 5.55. The zero-order valence-electron chi connectivity index (χ0n) is 13.6. The predicted octanol–water partition coefficient (Wildman–Crippen LogP) is 3.35. The fraction of sp³-hybridized carbons (Fsp3) is 0.412. The maximum absolute atomic E-state index is 13.2. The minimum Gasteiger partial charge on any atom is -0.350 e. The van der Waals surface area contributed by atoms with Crippen molar-refractivity contribution in [1.82, 2.24) is 10.2 Å². The molecule has 1 heterocycles. The Balaban J connectivity index is 1.99. The molecule has 1 aromatic rings. The normalized spacial score (nSPS) is 17.9. The number of nitrogens with zero attached hydrogens (tertiary/aromatic N) is 1. The lowest BCUT2D eigenvalue weighted by Gasteiger charge is -2.23. The number of halogens is 2. The van der Waals surface area contributed by atoms with Gasteiger partial charge in [0.15, 0.2) is 0 Å². The van der Waals surface area contributed by atoms with Crippen LogP contribution in [0.3, 0.4) is 0 Å². The Morgan fingerprint density at radius 1 is 1.50 bits per heavy atom. The standard InChI is InChI=1S/C17H20ClFN2O2S/c1-3-4-11(2)17(23)21-10-24-9-15(21)16(22)20-8-12-5-6-14(19)13(18)7-12/h4-7,15H,3,8-10H2,1-2H3,(H,20,22)/b11-4-. The van der Waals surface area contributed by atoms with Crippen LogP contribution in [0.4, 0.5) is 4.39 Å². The molecule has 7 heteroatoms. The van der Waals surface area contributed by atoms with E-state index in [-0.39, 0.29) is 23.4 Å². The number of rotatable bonds is 5. The molecule has 0 aromatic heterocycles. The molecule has 0 spiro atoms. The zero-order chi connectivity index (χ0) is 17.7. The summed E-state index contributed by atoms with van der Waals surface area (Å²) in [5.74, 6) is 0.272. The maximum Gasteiger partial charge on any atom is 0.250 e. The molecule has 1 aliphatic heterocycles. The van der Waals surface area contributed by atoms with E-state index in [1.54, 1.807) is 29.7 Å². The summed E-state index contributed by atoms with van der Waals surface area (Å²) in [5.41, 5.74) is 1.36. The van der Waals surface area contributed by atoms with Gasteiger partial charge >= 0.3 is 0 Å². The summed E-state index contributed by atoms with van der Waals surface area (Å²) >= 11 is 7.29. The average Bonchev–Trinajstić information content (AvgIpc) is 3.04. The largest absolute Gasteiger partial charge is 0.350 e. The van der Waals surface area contributed by atoms with E-state index in [1.165, 1.54) is 12.1 Å². The van der Waals surface area contributed by atoms with Gasteiger partial charge in [0.1, 0.15) is 11.9 Å². The number of nitrogens with one attached hydrogen (secondary N) is 1. The van der Waals surface area contributed by atoms with Gasteiger partial charge in [0, 0.05) is 17.9 Å². The first kappa shape index (κ1) is 18.8. The number of carbonyl (C=O) groups excluding carboxylic acids is 2. The smallest absolute Gasteiger partial charge is 0.250 e. The van der Waals surface area contributed by atoms with Crippen molar-refractivity contribution in [1.29, 1.82) is 0 Å². The van der Waals surface area contributed by atoms with Crippen LogP contribution in [0.15, 0.2) is 29.8 Å². The van der Waals surface area contributed by atoms with Gasteiger partial charge < -0.3 is 10.2 Å². The Morgan fingerprint density at radius 2 is 2.25 bits per heavy atom. The molecule has 24 heavy (non-hydrogen) atoms. The van der Waals surface area contributed by atoms with E-state index in [0.29, 0.717) is 22.8 Å². The third-order valence-electron chi connectivity index (χ3n) is 3.74. The highest BCUT2D eigenvalue weighted by atomic mass is 35.5. The summed E-state index contributed by atoms with van der Waals surface area (Å²) in [6, 6.07) is 3.84. The number of hydrogen-bond donors (Lipinski definition) is 1. The molecule has 0 aliphatic carbocycles. The van der Waals surface area contributed by atoms with Gasteiger partial charge in [0.05, 0.1) is 10.9 Å². The van der Waals surface area contributed by atoms with Crippen LogP contribution in [0.5, 0.6) is 0 Å². The van der Waals surface area contributed by atoms with E-state index >= 15 is 0 Å². The van der Waals surface area contributed by atoms with Crippen LogP contribution < -0.4 is 5.32 Å². The molecule has 2 amide bonds. The molecule has 1 N–H and O–H groups in total. The molecular formula is C17H20ClFN2O2S. The summed E-state index contributed by atoms with van der Waals surface area (Å²) in [4.78, 5) is 26.4. The van der Waals surface area contributed by atoms with Crippen molar-refractivity contribution in [2.24, 2.45) is 0 Å². The summed E-state index contributed by atoms with van der Waals surface area (Å²) < 4.78 is 13.2. The highest BCUT2D eigenvalue weighted by Crippen LogP contribution is 2.23. The summed E-state index contributed by atoms with van der Waals surface area (Å²) in [6.07, 6.45) is 2.64. The molecular weight excluding hydrogens is 351 g/mol.